The molecule has 8 heteroatoms. The molecule has 0 spiro atoms. The molecule has 0 aliphatic heterocycles. The van der Waals surface area contributed by atoms with Gasteiger partial charge in [-0.2, -0.15) is 0 Å². The number of alkyl halides is 1. The highest BCUT2D eigenvalue weighted by Crippen LogP contribution is 2.34. The van der Waals surface area contributed by atoms with Gasteiger partial charge >= 0.3 is 0 Å². The van der Waals surface area contributed by atoms with E-state index in [0.29, 0.717) is 8.76 Å². The number of sulfonamides is 1. The molecule has 3 nitrogen and oxygen atoms in total. The highest BCUT2D eigenvalue weighted by molar-refractivity contribution is 14.1. The van der Waals surface area contributed by atoms with Crippen LogP contribution in [0.2, 0.25) is 8.67 Å². The van der Waals surface area contributed by atoms with Crippen molar-refractivity contribution in [2.75, 3.05) is 4.43 Å². The number of rotatable bonds is 5. The quantitative estimate of drug-likeness (QED) is 0.573. The molecule has 1 N–H and O–H groups in total. The van der Waals surface area contributed by atoms with E-state index in [1.165, 1.54) is 6.07 Å². The van der Waals surface area contributed by atoms with E-state index in [1.54, 1.807) is 0 Å². The maximum absolute atomic E-state index is 12.1. The van der Waals surface area contributed by atoms with Gasteiger partial charge in [-0.1, -0.05) is 59.6 Å². The van der Waals surface area contributed by atoms with Crippen molar-refractivity contribution in [1.82, 2.24) is 4.72 Å². The smallest absolute Gasteiger partial charge is 0.207 e. The summed E-state index contributed by atoms with van der Waals surface area (Å²) in [6.45, 7) is 3.93. The molecule has 0 fully saturated rings. The third-order valence-corrected chi connectivity index (χ3v) is 6.38. The van der Waals surface area contributed by atoms with Gasteiger partial charge in [-0.15, -0.1) is 11.3 Å². The zero-order valence-corrected chi connectivity index (χ0v) is 14.5. The predicted molar refractivity (Wildman–Crippen MR) is 82.2 cm³/mol. The van der Waals surface area contributed by atoms with Crippen molar-refractivity contribution in [3.05, 3.63) is 14.7 Å². The summed E-state index contributed by atoms with van der Waals surface area (Å²) in [5, 5.41) is 0. The van der Waals surface area contributed by atoms with Gasteiger partial charge in [0, 0.05) is 10.5 Å². The van der Waals surface area contributed by atoms with E-state index in [1.807, 2.05) is 13.8 Å². The van der Waals surface area contributed by atoms with E-state index >= 15 is 0 Å². The maximum atomic E-state index is 12.1. The van der Waals surface area contributed by atoms with Crippen molar-refractivity contribution in [3.8, 4) is 0 Å². The lowest BCUT2D eigenvalue weighted by molar-refractivity contribution is 0.486. The van der Waals surface area contributed by atoms with E-state index < -0.39 is 10.0 Å². The first kappa shape index (κ1) is 16.0. The first-order chi connectivity index (χ1) is 7.77. The SMILES string of the molecule is CC(C)C(CI)NS(=O)(=O)c1cc(Cl)sc1Cl. The Hall–Kier alpha value is 0.920. The van der Waals surface area contributed by atoms with Gasteiger partial charge in [0.15, 0.2) is 0 Å². The fraction of sp³-hybridized carbons (Fsp3) is 0.556. The normalized spacial score (nSPS) is 14.2. The van der Waals surface area contributed by atoms with Gasteiger partial charge in [0.25, 0.3) is 0 Å². The van der Waals surface area contributed by atoms with Crippen LogP contribution in [0.4, 0.5) is 0 Å². The number of thiophene rings is 1. The zero-order valence-electron chi connectivity index (χ0n) is 9.21. The summed E-state index contributed by atoms with van der Waals surface area (Å²) in [6.07, 6.45) is 0. The van der Waals surface area contributed by atoms with Crippen LogP contribution in [0.5, 0.6) is 0 Å². The highest BCUT2D eigenvalue weighted by Gasteiger charge is 2.25. The summed E-state index contributed by atoms with van der Waals surface area (Å²) >= 11 is 14.8. The minimum atomic E-state index is -3.59. The molecule has 0 bridgehead atoms. The number of hydrogen-bond donors (Lipinski definition) is 1. The summed E-state index contributed by atoms with van der Waals surface area (Å²) in [7, 11) is -3.59. The molecule has 17 heavy (non-hydrogen) atoms. The van der Waals surface area contributed by atoms with Crippen molar-refractivity contribution in [2.24, 2.45) is 5.92 Å². The first-order valence-electron chi connectivity index (χ1n) is 4.81. The fourth-order valence-electron chi connectivity index (χ4n) is 1.12. The molecule has 0 amide bonds. The van der Waals surface area contributed by atoms with E-state index in [4.69, 9.17) is 23.2 Å². The molecule has 1 rings (SSSR count). The summed E-state index contributed by atoms with van der Waals surface area (Å²) in [5.74, 6) is 0.217. The molecule has 0 aromatic carbocycles. The Morgan fingerprint density at radius 2 is 2.06 bits per heavy atom. The topological polar surface area (TPSA) is 46.2 Å². The Kier molecular flexibility index (Phi) is 6.00. The monoisotopic (exact) mass is 427 g/mol. The molecular weight excluding hydrogens is 416 g/mol. The van der Waals surface area contributed by atoms with E-state index in [-0.39, 0.29) is 21.2 Å². The van der Waals surface area contributed by atoms with Crippen LogP contribution in [0.15, 0.2) is 11.0 Å². The second-order valence-corrected chi connectivity index (χ2v) is 8.66. The standard InChI is InChI=1S/C9H12Cl2INO2S2/c1-5(2)6(4-12)13-17(14,15)7-3-8(10)16-9(7)11/h3,5-6,13H,4H2,1-2H3. The van der Waals surface area contributed by atoms with Crippen molar-refractivity contribution in [3.63, 3.8) is 0 Å². The minimum absolute atomic E-state index is 0.0599. The van der Waals surface area contributed by atoms with Gasteiger partial charge in [0.1, 0.15) is 9.23 Å². The van der Waals surface area contributed by atoms with E-state index in [2.05, 4.69) is 27.3 Å². The van der Waals surface area contributed by atoms with Crippen LogP contribution in [0, 0.1) is 5.92 Å². The minimum Gasteiger partial charge on any atom is -0.207 e. The number of halogens is 3. The molecule has 1 aromatic rings. The average Bonchev–Trinajstić information content (AvgIpc) is 2.54. The van der Waals surface area contributed by atoms with Crippen molar-refractivity contribution in [2.45, 2.75) is 24.8 Å². The Morgan fingerprint density at radius 1 is 1.47 bits per heavy atom. The highest BCUT2D eigenvalue weighted by atomic mass is 127. The Bertz CT molecular complexity index is 487. The predicted octanol–water partition coefficient (Wildman–Crippen LogP) is 3.79. The van der Waals surface area contributed by atoms with Gasteiger partial charge in [-0.25, -0.2) is 13.1 Å². The molecular formula is C9H12Cl2INO2S2. The van der Waals surface area contributed by atoms with Gasteiger partial charge < -0.3 is 0 Å². The molecule has 0 aliphatic rings. The Morgan fingerprint density at radius 3 is 2.41 bits per heavy atom. The van der Waals surface area contributed by atoms with Crippen LogP contribution < -0.4 is 4.72 Å². The van der Waals surface area contributed by atoms with Crippen LogP contribution >= 0.6 is 57.1 Å². The largest absolute Gasteiger partial charge is 0.243 e. The van der Waals surface area contributed by atoms with Crippen molar-refractivity contribution < 1.29 is 8.42 Å². The van der Waals surface area contributed by atoms with Gasteiger partial charge in [0.2, 0.25) is 10.0 Å². The zero-order chi connectivity index (χ0) is 13.2. The van der Waals surface area contributed by atoms with E-state index in [0.717, 1.165) is 11.3 Å². The van der Waals surface area contributed by atoms with Crippen LogP contribution in [0.1, 0.15) is 13.8 Å². The molecule has 0 saturated carbocycles. The van der Waals surface area contributed by atoms with Crippen LogP contribution in [-0.4, -0.2) is 18.9 Å². The molecule has 98 valence electrons. The summed E-state index contributed by atoms with van der Waals surface area (Å²) in [4.78, 5) is 0.0599. The lowest BCUT2D eigenvalue weighted by Gasteiger charge is -2.19. The third kappa shape index (κ3) is 4.21. The fourth-order valence-corrected chi connectivity index (χ4v) is 6.19. The van der Waals surface area contributed by atoms with E-state index in [9.17, 15) is 8.42 Å². The summed E-state index contributed by atoms with van der Waals surface area (Å²) in [6, 6.07) is 1.26. The number of nitrogens with one attached hydrogen (secondary N) is 1. The Balaban J connectivity index is 3.00. The number of hydrogen-bond acceptors (Lipinski definition) is 3. The first-order valence-corrected chi connectivity index (χ1v) is 9.39. The van der Waals surface area contributed by atoms with Crippen molar-refractivity contribution in [1.29, 1.82) is 0 Å². The second-order valence-electron chi connectivity index (χ2n) is 3.81. The third-order valence-electron chi connectivity index (χ3n) is 2.19. The van der Waals surface area contributed by atoms with Crippen LogP contribution in [0.25, 0.3) is 0 Å². The van der Waals surface area contributed by atoms with Gasteiger partial charge in [-0.3, -0.25) is 0 Å². The molecule has 1 unspecified atom stereocenters. The van der Waals surface area contributed by atoms with Gasteiger partial charge in [0.05, 0.1) is 4.34 Å². The lowest BCUT2D eigenvalue weighted by atomic mass is 10.1. The average molecular weight is 428 g/mol. The van der Waals surface area contributed by atoms with Gasteiger partial charge in [-0.05, 0) is 12.0 Å². The van der Waals surface area contributed by atoms with Crippen LogP contribution in [0.3, 0.4) is 0 Å². The second kappa shape index (κ2) is 6.38. The Labute approximate surface area is 129 Å². The molecule has 0 radical (unpaired) electrons. The molecule has 0 saturated heterocycles. The summed E-state index contributed by atoms with van der Waals surface area (Å²) in [5.41, 5.74) is 0. The molecule has 1 heterocycles. The maximum Gasteiger partial charge on any atom is 0.243 e. The summed E-state index contributed by atoms with van der Waals surface area (Å²) < 4.78 is 28.1. The molecule has 1 aromatic heterocycles. The molecule has 1 atom stereocenters. The van der Waals surface area contributed by atoms with Crippen molar-refractivity contribution >= 4 is 67.2 Å². The molecule has 0 aliphatic carbocycles. The van der Waals surface area contributed by atoms with Crippen LogP contribution in [-0.2, 0) is 10.0 Å². The lowest BCUT2D eigenvalue weighted by Crippen LogP contribution is -2.39.